The Morgan fingerprint density at radius 2 is 1.70 bits per heavy atom. The van der Waals surface area contributed by atoms with E-state index in [0.29, 0.717) is 17.1 Å². The smallest absolute Gasteiger partial charge is 0.434 e. The Bertz CT molecular complexity index is 683. The van der Waals surface area contributed by atoms with Crippen molar-refractivity contribution in [3.05, 3.63) is 54.1 Å². The van der Waals surface area contributed by atoms with Gasteiger partial charge in [0.05, 0.1) is 6.61 Å². The van der Waals surface area contributed by atoms with E-state index >= 15 is 0 Å². The first-order valence-electron chi connectivity index (χ1n) is 7.16. The Hall–Kier alpha value is -3.02. The van der Waals surface area contributed by atoms with Gasteiger partial charge < -0.3 is 20.1 Å². The zero-order chi connectivity index (χ0) is 16.7. The zero-order valence-corrected chi connectivity index (χ0v) is 13.0. The van der Waals surface area contributed by atoms with Gasteiger partial charge >= 0.3 is 12.2 Å². The van der Waals surface area contributed by atoms with Gasteiger partial charge in [-0.2, -0.15) is 0 Å². The Morgan fingerprint density at radius 3 is 2.35 bits per heavy atom. The van der Waals surface area contributed by atoms with Gasteiger partial charge in [-0.3, -0.25) is 0 Å². The van der Waals surface area contributed by atoms with Crippen molar-refractivity contribution in [3.8, 4) is 5.75 Å². The van der Waals surface area contributed by atoms with Crippen LogP contribution in [0.3, 0.4) is 0 Å². The summed E-state index contributed by atoms with van der Waals surface area (Å²) in [6.07, 6.45) is -0.759. The van der Waals surface area contributed by atoms with E-state index in [1.54, 1.807) is 31.2 Å². The third kappa shape index (κ3) is 5.35. The van der Waals surface area contributed by atoms with Crippen LogP contribution in [0.25, 0.3) is 0 Å². The summed E-state index contributed by atoms with van der Waals surface area (Å²) in [5, 5.41) is 5.43. The average molecular weight is 314 g/mol. The molecular formula is C17H18N2O4. The molecule has 120 valence electrons. The number of aryl methyl sites for hydroxylation is 1. The van der Waals surface area contributed by atoms with Gasteiger partial charge in [-0.1, -0.05) is 12.1 Å². The van der Waals surface area contributed by atoms with Crippen LogP contribution in [0.1, 0.15) is 12.5 Å². The fourth-order valence-corrected chi connectivity index (χ4v) is 1.87. The lowest BCUT2D eigenvalue weighted by molar-refractivity contribution is 0.104. The number of urea groups is 1. The van der Waals surface area contributed by atoms with Crippen molar-refractivity contribution in [2.45, 2.75) is 13.8 Å². The average Bonchev–Trinajstić information content (AvgIpc) is 2.49. The normalized spacial score (nSPS) is 9.83. The van der Waals surface area contributed by atoms with Gasteiger partial charge in [0.2, 0.25) is 0 Å². The fraction of sp³-hybridized carbons (Fsp3) is 0.176. The van der Waals surface area contributed by atoms with Crippen LogP contribution in [0, 0.1) is 6.92 Å². The molecule has 2 rings (SSSR count). The summed E-state index contributed by atoms with van der Waals surface area (Å²) < 4.78 is 9.61. The van der Waals surface area contributed by atoms with E-state index in [4.69, 9.17) is 4.74 Å². The first-order chi connectivity index (χ1) is 11.1. The van der Waals surface area contributed by atoms with Crippen molar-refractivity contribution >= 4 is 23.6 Å². The van der Waals surface area contributed by atoms with E-state index in [2.05, 4.69) is 15.4 Å². The number of benzene rings is 2. The molecule has 0 saturated heterocycles. The third-order valence-electron chi connectivity index (χ3n) is 2.85. The lowest BCUT2D eigenvalue weighted by Crippen LogP contribution is -2.19. The maximum atomic E-state index is 11.9. The number of rotatable bonds is 4. The van der Waals surface area contributed by atoms with Crippen LogP contribution in [0.5, 0.6) is 5.75 Å². The highest BCUT2D eigenvalue weighted by Gasteiger charge is 2.06. The predicted octanol–water partition coefficient (Wildman–Crippen LogP) is 4.17. The second kappa shape index (κ2) is 7.84. The van der Waals surface area contributed by atoms with Crippen LogP contribution in [0.15, 0.2) is 48.5 Å². The molecule has 0 fully saturated rings. The number of carbonyl (C=O) groups excluding carboxylic acids is 2. The molecule has 2 N–H and O–H groups in total. The molecule has 0 aliphatic rings. The van der Waals surface area contributed by atoms with Crippen molar-refractivity contribution in [1.82, 2.24) is 0 Å². The first kappa shape index (κ1) is 16.4. The minimum absolute atomic E-state index is 0.248. The molecule has 0 unspecified atom stereocenters. The topological polar surface area (TPSA) is 76.7 Å². The second-order valence-corrected chi connectivity index (χ2v) is 4.76. The van der Waals surface area contributed by atoms with Gasteiger partial charge in [0.15, 0.2) is 0 Å². The van der Waals surface area contributed by atoms with E-state index < -0.39 is 6.16 Å². The molecule has 0 radical (unpaired) electrons. The number of nitrogens with one attached hydrogen (secondary N) is 2. The monoisotopic (exact) mass is 314 g/mol. The van der Waals surface area contributed by atoms with Crippen LogP contribution in [-0.2, 0) is 4.74 Å². The molecule has 0 aliphatic carbocycles. The van der Waals surface area contributed by atoms with E-state index in [1.807, 2.05) is 31.2 Å². The zero-order valence-electron chi connectivity index (χ0n) is 13.0. The summed E-state index contributed by atoms with van der Waals surface area (Å²) in [5.74, 6) is 0.341. The molecule has 0 aromatic heterocycles. The number of amides is 2. The largest absolute Gasteiger partial charge is 0.513 e. The summed E-state index contributed by atoms with van der Waals surface area (Å²) in [7, 11) is 0. The molecule has 0 spiro atoms. The lowest BCUT2D eigenvalue weighted by atomic mass is 10.2. The molecular weight excluding hydrogens is 296 g/mol. The Labute approximate surface area is 134 Å². The summed E-state index contributed by atoms with van der Waals surface area (Å²) >= 11 is 0. The van der Waals surface area contributed by atoms with Gasteiger partial charge in [0.1, 0.15) is 5.75 Å². The third-order valence-corrected chi connectivity index (χ3v) is 2.85. The SMILES string of the molecule is CCOC(=O)Oc1ccc(NC(=O)Nc2cccc(C)c2)cc1. The van der Waals surface area contributed by atoms with Crippen molar-refractivity contribution in [1.29, 1.82) is 0 Å². The van der Waals surface area contributed by atoms with Crippen LogP contribution in [-0.4, -0.2) is 18.8 Å². The minimum Gasteiger partial charge on any atom is -0.434 e. The highest BCUT2D eigenvalue weighted by atomic mass is 16.7. The highest BCUT2D eigenvalue weighted by Crippen LogP contribution is 2.17. The van der Waals surface area contributed by atoms with Gasteiger partial charge in [0, 0.05) is 11.4 Å². The molecule has 0 heterocycles. The van der Waals surface area contributed by atoms with Crippen molar-refractivity contribution in [3.63, 3.8) is 0 Å². The second-order valence-electron chi connectivity index (χ2n) is 4.76. The summed E-state index contributed by atoms with van der Waals surface area (Å²) in [5.41, 5.74) is 2.35. The van der Waals surface area contributed by atoms with Crippen LogP contribution < -0.4 is 15.4 Å². The standard InChI is InChI=1S/C17H18N2O4/c1-3-22-17(21)23-15-9-7-13(8-10-15)18-16(20)19-14-6-4-5-12(2)11-14/h4-11H,3H2,1-2H3,(H2,18,19,20). The number of ether oxygens (including phenoxy) is 2. The quantitative estimate of drug-likeness (QED) is 0.656. The molecule has 0 atom stereocenters. The van der Waals surface area contributed by atoms with Crippen molar-refractivity contribution < 1.29 is 19.1 Å². The number of carbonyl (C=O) groups is 2. The lowest BCUT2D eigenvalue weighted by Gasteiger charge is -2.09. The molecule has 2 amide bonds. The number of anilines is 2. The Kier molecular flexibility index (Phi) is 5.57. The highest BCUT2D eigenvalue weighted by molar-refractivity contribution is 5.99. The van der Waals surface area contributed by atoms with Gasteiger partial charge in [-0.15, -0.1) is 0 Å². The summed E-state index contributed by atoms with van der Waals surface area (Å²) in [6.45, 7) is 3.89. The first-order valence-corrected chi connectivity index (χ1v) is 7.16. The Morgan fingerprint density at radius 1 is 1.00 bits per heavy atom. The minimum atomic E-state index is -0.759. The molecule has 0 saturated carbocycles. The van der Waals surface area contributed by atoms with E-state index in [1.165, 1.54) is 0 Å². The van der Waals surface area contributed by atoms with Crippen LogP contribution >= 0.6 is 0 Å². The molecule has 23 heavy (non-hydrogen) atoms. The molecule has 6 nitrogen and oxygen atoms in total. The summed E-state index contributed by atoms with van der Waals surface area (Å²) in [6, 6.07) is 13.5. The fourth-order valence-electron chi connectivity index (χ4n) is 1.87. The van der Waals surface area contributed by atoms with Gasteiger partial charge in [-0.25, -0.2) is 9.59 Å². The number of hydrogen-bond acceptors (Lipinski definition) is 4. The maximum absolute atomic E-state index is 11.9. The van der Waals surface area contributed by atoms with E-state index in [-0.39, 0.29) is 12.6 Å². The van der Waals surface area contributed by atoms with Crippen LogP contribution in [0.4, 0.5) is 21.0 Å². The predicted molar refractivity (Wildman–Crippen MR) is 87.9 cm³/mol. The molecule has 2 aromatic rings. The Balaban J connectivity index is 1.90. The van der Waals surface area contributed by atoms with E-state index in [9.17, 15) is 9.59 Å². The maximum Gasteiger partial charge on any atom is 0.513 e. The van der Waals surface area contributed by atoms with Crippen molar-refractivity contribution in [2.24, 2.45) is 0 Å². The van der Waals surface area contributed by atoms with E-state index in [0.717, 1.165) is 5.56 Å². The molecule has 6 heteroatoms. The van der Waals surface area contributed by atoms with Crippen molar-refractivity contribution in [2.75, 3.05) is 17.2 Å². The molecule has 2 aromatic carbocycles. The van der Waals surface area contributed by atoms with Gasteiger partial charge in [-0.05, 0) is 55.8 Å². The molecule has 0 bridgehead atoms. The van der Waals surface area contributed by atoms with Crippen LogP contribution in [0.2, 0.25) is 0 Å². The number of hydrogen-bond donors (Lipinski definition) is 2. The van der Waals surface area contributed by atoms with Gasteiger partial charge in [0.25, 0.3) is 0 Å². The molecule has 0 aliphatic heterocycles. The summed E-state index contributed by atoms with van der Waals surface area (Å²) in [4.78, 5) is 23.1.